The number of amides is 3. The van der Waals surface area contributed by atoms with Crippen molar-refractivity contribution in [3.63, 3.8) is 0 Å². The smallest absolute Gasteiger partial charge is 0.338 e. The number of carbonyl (C=O) groups excluding carboxylic acids is 2. The second kappa shape index (κ2) is 7.87. The second-order valence-corrected chi connectivity index (χ2v) is 4.97. The van der Waals surface area contributed by atoms with Gasteiger partial charge in [-0.25, -0.2) is 10.2 Å². The number of benzene rings is 2. The third-order valence-corrected chi connectivity index (χ3v) is 3.26. The number of urea groups is 1. The molecular formula is C17H19N3O4. The lowest BCUT2D eigenvalue weighted by atomic mass is 10.1. The first-order valence-electron chi connectivity index (χ1n) is 7.19. The Kier molecular flexibility index (Phi) is 5.62. The van der Waals surface area contributed by atoms with Crippen molar-refractivity contribution in [2.75, 3.05) is 19.5 Å². The highest BCUT2D eigenvalue weighted by atomic mass is 16.5. The number of carbonyl (C=O) groups is 2. The number of hydrazine groups is 1. The molecule has 7 nitrogen and oxygen atoms in total. The molecule has 0 atom stereocenters. The fourth-order valence-corrected chi connectivity index (χ4v) is 1.96. The van der Waals surface area contributed by atoms with Crippen molar-refractivity contribution in [1.29, 1.82) is 0 Å². The number of rotatable bonds is 4. The van der Waals surface area contributed by atoms with Crippen LogP contribution in [-0.4, -0.2) is 26.2 Å². The quantitative estimate of drug-likeness (QED) is 0.752. The Morgan fingerprint density at radius 2 is 1.62 bits per heavy atom. The topological polar surface area (TPSA) is 88.7 Å². The number of ether oxygens (including phenoxy) is 2. The minimum absolute atomic E-state index is 0.414. The molecule has 2 rings (SSSR count). The van der Waals surface area contributed by atoms with Crippen LogP contribution < -0.4 is 25.6 Å². The van der Waals surface area contributed by atoms with Crippen LogP contribution in [0.4, 0.5) is 10.5 Å². The molecule has 0 aliphatic rings. The molecule has 3 amide bonds. The lowest BCUT2D eigenvalue weighted by molar-refractivity contribution is 0.0938. The molecule has 0 saturated carbocycles. The first-order chi connectivity index (χ1) is 11.5. The van der Waals surface area contributed by atoms with E-state index in [0.717, 1.165) is 5.56 Å². The number of methoxy groups -OCH3 is 2. The van der Waals surface area contributed by atoms with Gasteiger partial charge in [0.15, 0.2) is 0 Å². The molecule has 0 aliphatic carbocycles. The molecule has 2 aromatic carbocycles. The Hall–Kier alpha value is -3.22. The molecule has 0 fully saturated rings. The zero-order valence-electron chi connectivity index (χ0n) is 13.7. The Bertz CT molecular complexity index is 729. The fourth-order valence-electron chi connectivity index (χ4n) is 1.96. The van der Waals surface area contributed by atoms with Crippen LogP contribution in [0, 0.1) is 6.92 Å². The molecule has 0 spiro atoms. The predicted molar refractivity (Wildman–Crippen MR) is 90.3 cm³/mol. The van der Waals surface area contributed by atoms with Crippen LogP contribution in [0.1, 0.15) is 15.9 Å². The van der Waals surface area contributed by atoms with E-state index in [1.165, 1.54) is 14.2 Å². The van der Waals surface area contributed by atoms with Crippen LogP contribution in [0.5, 0.6) is 11.5 Å². The van der Waals surface area contributed by atoms with Crippen LogP contribution in [0.15, 0.2) is 42.5 Å². The van der Waals surface area contributed by atoms with Gasteiger partial charge in [-0.15, -0.1) is 0 Å². The maximum Gasteiger partial charge on any atom is 0.338 e. The molecule has 24 heavy (non-hydrogen) atoms. The highest BCUT2D eigenvalue weighted by Crippen LogP contribution is 2.28. The monoisotopic (exact) mass is 329 g/mol. The number of nitrogens with one attached hydrogen (secondary N) is 3. The van der Waals surface area contributed by atoms with Crippen LogP contribution in [0.2, 0.25) is 0 Å². The van der Waals surface area contributed by atoms with Crippen molar-refractivity contribution in [2.24, 2.45) is 0 Å². The van der Waals surface area contributed by atoms with Gasteiger partial charge in [-0.3, -0.25) is 10.2 Å². The van der Waals surface area contributed by atoms with Crippen LogP contribution >= 0.6 is 0 Å². The van der Waals surface area contributed by atoms with Gasteiger partial charge in [-0.05, 0) is 31.2 Å². The molecule has 126 valence electrons. The average Bonchev–Trinajstić information content (AvgIpc) is 2.60. The van der Waals surface area contributed by atoms with Crippen molar-refractivity contribution in [3.05, 3.63) is 53.6 Å². The lowest BCUT2D eigenvalue weighted by Crippen LogP contribution is -2.43. The fraction of sp³-hybridized carbons (Fsp3) is 0.176. The van der Waals surface area contributed by atoms with Crippen molar-refractivity contribution >= 4 is 17.6 Å². The molecule has 7 heteroatoms. The molecular weight excluding hydrogens is 310 g/mol. The molecule has 0 radical (unpaired) electrons. The Morgan fingerprint density at radius 1 is 0.917 bits per heavy atom. The summed E-state index contributed by atoms with van der Waals surface area (Å²) >= 11 is 0. The molecule has 0 heterocycles. The maximum absolute atomic E-state index is 11.9. The summed E-state index contributed by atoms with van der Waals surface area (Å²) in [4.78, 5) is 23.9. The van der Waals surface area contributed by atoms with E-state index in [2.05, 4.69) is 16.2 Å². The van der Waals surface area contributed by atoms with E-state index >= 15 is 0 Å². The molecule has 0 aromatic heterocycles. The first-order valence-corrected chi connectivity index (χ1v) is 7.19. The summed E-state index contributed by atoms with van der Waals surface area (Å²) < 4.78 is 10.3. The molecule has 0 saturated heterocycles. The molecule has 0 bridgehead atoms. The minimum Gasteiger partial charge on any atom is -0.497 e. The third-order valence-electron chi connectivity index (χ3n) is 3.26. The molecule has 2 aromatic rings. The van der Waals surface area contributed by atoms with E-state index in [1.54, 1.807) is 30.3 Å². The van der Waals surface area contributed by atoms with Crippen molar-refractivity contribution < 1.29 is 19.1 Å². The van der Waals surface area contributed by atoms with Crippen LogP contribution in [-0.2, 0) is 0 Å². The molecule has 0 unspecified atom stereocenters. The Balaban J connectivity index is 1.96. The van der Waals surface area contributed by atoms with Gasteiger partial charge < -0.3 is 14.8 Å². The summed E-state index contributed by atoms with van der Waals surface area (Å²) in [6, 6.07) is 11.4. The van der Waals surface area contributed by atoms with Crippen LogP contribution in [0.3, 0.4) is 0 Å². The van der Waals surface area contributed by atoms with Gasteiger partial charge in [0.1, 0.15) is 11.5 Å². The maximum atomic E-state index is 11.9. The summed E-state index contributed by atoms with van der Waals surface area (Å²) in [5, 5.41) is 2.58. The van der Waals surface area contributed by atoms with Gasteiger partial charge in [0, 0.05) is 11.6 Å². The number of anilines is 1. The van der Waals surface area contributed by atoms with Gasteiger partial charge in [-0.1, -0.05) is 17.7 Å². The largest absolute Gasteiger partial charge is 0.497 e. The van der Waals surface area contributed by atoms with E-state index in [1.807, 2.05) is 19.1 Å². The molecule has 0 aliphatic heterocycles. The predicted octanol–water partition coefficient (Wildman–Crippen LogP) is 2.48. The van der Waals surface area contributed by atoms with Crippen molar-refractivity contribution in [3.8, 4) is 11.5 Å². The summed E-state index contributed by atoms with van der Waals surface area (Å²) in [5.74, 6) is 0.619. The Morgan fingerprint density at radius 3 is 2.25 bits per heavy atom. The molecule has 3 N–H and O–H groups in total. The van der Waals surface area contributed by atoms with Crippen molar-refractivity contribution in [1.82, 2.24) is 10.9 Å². The van der Waals surface area contributed by atoms with Gasteiger partial charge in [0.2, 0.25) is 0 Å². The normalized spacial score (nSPS) is 9.79. The van der Waals surface area contributed by atoms with E-state index in [-0.39, 0.29) is 0 Å². The SMILES string of the molecule is COc1ccc(OC)c(NC(=O)NNC(=O)c2ccc(C)cc2)c1. The zero-order chi connectivity index (χ0) is 17.5. The van der Waals surface area contributed by atoms with Gasteiger partial charge in [0.05, 0.1) is 19.9 Å². The van der Waals surface area contributed by atoms with Crippen LogP contribution in [0.25, 0.3) is 0 Å². The van der Waals surface area contributed by atoms with E-state index in [0.29, 0.717) is 22.7 Å². The first kappa shape index (κ1) is 17.1. The highest BCUT2D eigenvalue weighted by molar-refractivity contribution is 5.97. The third kappa shape index (κ3) is 4.39. The van der Waals surface area contributed by atoms with E-state index < -0.39 is 11.9 Å². The van der Waals surface area contributed by atoms with Gasteiger partial charge in [0.25, 0.3) is 5.91 Å². The summed E-state index contributed by atoms with van der Waals surface area (Å²) in [7, 11) is 3.01. The average molecular weight is 329 g/mol. The highest BCUT2D eigenvalue weighted by Gasteiger charge is 2.10. The lowest BCUT2D eigenvalue weighted by Gasteiger charge is -2.13. The standard InChI is InChI=1S/C17H19N3O4/c1-11-4-6-12(7-5-11)16(21)19-20-17(22)18-14-10-13(23-2)8-9-15(14)24-3/h4-10H,1-3H3,(H,19,21)(H2,18,20,22). The number of aryl methyl sites for hydroxylation is 1. The number of hydrogen-bond donors (Lipinski definition) is 3. The summed E-state index contributed by atoms with van der Waals surface area (Å²) in [6.45, 7) is 1.93. The number of hydrogen-bond acceptors (Lipinski definition) is 4. The second-order valence-electron chi connectivity index (χ2n) is 4.97. The van der Waals surface area contributed by atoms with E-state index in [9.17, 15) is 9.59 Å². The zero-order valence-corrected chi connectivity index (χ0v) is 13.7. The summed E-state index contributed by atoms with van der Waals surface area (Å²) in [5.41, 5.74) is 6.52. The Labute approximate surface area is 139 Å². The van der Waals surface area contributed by atoms with Crippen molar-refractivity contribution in [2.45, 2.75) is 6.92 Å². The van der Waals surface area contributed by atoms with Gasteiger partial charge in [-0.2, -0.15) is 0 Å². The van der Waals surface area contributed by atoms with Gasteiger partial charge >= 0.3 is 6.03 Å². The van der Waals surface area contributed by atoms with E-state index in [4.69, 9.17) is 9.47 Å². The summed E-state index contributed by atoms with van der Waals surface area (Å²) in [6.07, 6.45) is 0. The minimum atomic E-state index is -0.609.